The molecule has 1 fully saturated rings. The number of carbonyl (C=O) groups is 2. The number of nitrogens with one attached hydrogen (secondary N) is 1. The Morgan fingerprint density at radius 3 is 2.65 bits per heavy atom. The molecule has 2 amide bonds. The number of aryl methyl sites for hydroxylation is 1. The van der Waals surface area contributed by atoms with Crippen molar-refractivity contribution in [1.29, 1.82) is 0 Å². The van der Waals surface area contributed by atoms with E-state index in [-0.39, 0.29) is 30.1 Å². The maximum Gasteiger partial charge on any atom is 0.249 e. The normalized spacial score (nSPS) is 19.8. The van der Waals surface area contributed by atoms with Crippen molar-refractivity contribution in [1.82, 2.24) is 5.32 Å². The molecular formula is C14H16F2N2O2. The van der Waals surface area contributed by atoms with Crippen LogP contribution in [-0.4, -0.2) is 24.4 Å². The van der Waals surface area contributed by atoms with Crippen molar-refractivity contribution in [2.75, 3.05) is 11.4 Å². The van der Waals surface area contributed by atoms with Crippen molar-refractivity contribution >= 4 is 17.5 Å². The first-order chi connectivity index (χ1) is 9.43. The van der Waals surface area contributed by atoms with Gasteiger partial charge in [0.2, 0.25) is 11.8 Å². The van der Waals surface area contributed by atoms with Gasteiger partial charge in [0, 0.05) is 19.0 Å². The second-order valence-electron chi connectivity index (χ2n) is 4.82. The minimum Gasteiger partial charge on any atom is -0.344 e. The van der Waals surface area contributed by atoms with Crippen molar-refractivity contribution < 1.29 is 18.4 Å². The Hall–Kier alpha value is -1.98. The van der Waals surface area contributed by atoms with Crippen LogP contribution in [0.4, 0.5) is 14.5 Å². The highest BCUT2D eigenvalue weighted by atomic mass is 19.1. The van der Waals surface area contributed by atoms with Gasteiger partial charge in [-0.1, -0.05) is 6.92 Å². The maximum absolute atomic E-state index is 14.0. The molecule has 1 aliphatic rings. The van der Waals surface area contributed by atoms with Crippen LogP contribution in [0.1, 0.15) is 25.3 Å². The van der Waals surface area contributed by atoms with Gasteiger partial charge in [0.1, 0.15) is 17.7 Å². The third kappa shape index (κ3) is 2.64. The summed E-state index contributed by atoms with van der Waals surface area (Å²) in [5.41, 5.74) is 0.0582. The lowest BCUT2D eigenvalue weighted by Crippen LogP contribution is -2.44. The molecule has 108 valence electrons. The summed E-state index contributed by atoms with van der Waals surface area (Å²) in [6.07, 6.45) is 0.466. The molecule has 1 atom stereocenters. The number of anilines is 1. The standard InChI is InChI=1S/C14H16F2N2O2/c1-3-11-14(20)18(5-4-13(19)17-11)12-7-9(15)8(2)6-10(12)16/h6-7,11H,3-5H2,1-2H3,(H,17,19). The Morgan fingerprint density at radius 2 is 2.00 bits per heavy atom. The number of rotatable bonds is 2. The molecule has 0 bridgehead atoms. The highest BCUT2D eigenvalue weighted by Crippen LogP contribution is 2.25. The Kier molecular flexibility index (Phi) is 4.01. The molecule has 0 spiro atoms. The first-order valence-corrected chi connectivity index (χ1v) is 6.50. The molecule has 4 nitrogen and oxygen atoms in total. The molecule has 1 aromatic rings. The summed E-state index contributed by atoms with van der Waals surface area (Å²) < 4.78 is 27.6. The van der Waals surface area contributed by atoms with Gasteiger partial charge in [-0.3, -0.25) is 9.59 Å². The zero-order chi connectivity index (χ0) is 14.9. The topological polar surface area (TPSA) is 49.4 Å². The number of carbonyl (C=O) groups excluding carboxylic acids is 2. The summed E-state index contributed by atoms with van der Waals surface area (Å²) in [6, 6.07) is 1.36. The monoisotopic (exact) mass is 282 g/mol. The molecule has 1 N–H and O–H groups in total. The summed E-state index contributed by atoms with van der Waals surface area (Å²) in [5.74, 6) is -1.92. The molecule has 0 aromatic heterocycles. The molecule has 1 saturated heterocycles. The molecule has 1 unspecified atom stereocenters. The number of hydrogen-bond donors (Lipinski definition) is 1. The molecular weight excluding hydrogens is 266 g/mol. The van der Waals surface area contributed by atoms with Crippen LogP contribution in [-0.2, 0) is 9.59 Å². The smallest absolute Gasteiger partial charge is 0.249 e. The maximum atomic E-state index is 14.0. The zero-order valence-corrected chi connectivity index (χ0v) is 11.4. The molecule has 0 aliphatic carbocycles. The van der Waals surface area contributed by atoms with E-state index in [1.807, 2.05) is 0 Å². The summed E-state index contributed by atoms with van der Waals surface area (Å²) in [4.78, 5) is 25.0. The summed E-state index contributed by atoms with van der Waals surface area (Å²) in [7, 11) is 0. The lowest BCUT2D eigenvalue weighted by molar-refractivity contribution is -0.125. The Morgan fingerprint density at radius 1 is 1.30 bits per heavy atom. The number of halogens is 2. The van der Waals surface area contributed by atoms with Gasteiger partial charge in [0.15, 0.2) is 0 Å². The minimum absolute atomic E-state index is 0.0422. The van der Waals surface area contributed by atoms with E-state index in [0.29, 0.717) is 6.42 Å². The second-order valence-corrected chi connectivity index (χ2v) is 4.82. The van der Waals surface area contributed by atoms with E-state index in [0.717, 1.165) is 17.0 Å². The van der Waals surface area contributed by atoms with Crippen LogP contribution in [0.3, 0.4) is 0 Å². The molecule has 2 rings (SSSR count). The predicted molar refractivity (Wildman–Crippen MR) is 70.3 cm³/mol. The van der Waals surface area contributed by atoms with E-state index in [1.54, 1.807) is 6.92 Å². The minimum atomic E-state index is -0.700. The largest absolute Gasteiger partial charge is 0.344 e. The summed E-state index contributed by atoms with van der Waals surface area (Å²) in [6.45, 7) is 3.24. The first-order valence-electron chi connectivity index (χ1n) is 6.50. The number of amides is 2. The van der Waals surface area contributed by atoms with Crippen LogP contribution < -0.4 is 10.2 Å². The highest BCUT2D eigenvalue weighted by Gasteiger charge is 2.31. The molecule has 0 saturated carbocycles. The molecule has 0 radical (unpaired) electrons. The quantitative estimate of drug-likeness (QED) is 0.900. The van der Waals surface area contributed by atoms with Gasteiger partial charge in [0.25, 0.3) is 0 Å². The lowest BCUT2D eigenvalue weighted by atomic mass is 10.1. The van der Waals surface area contributed by atoms with Crippen LogP contribution in [0.25, 0.3) is 0 Å². The fourth-order valence-electron chi connectivity index (χ4n) is 2.20. The van der Waals surface area contributed by atoms with Crippen LogP contribution in [0.5, 0.6) is 0 Å². The van der Waals surface area contributed by atoms with Crippen molar-refractivity contribution in [2.24, 2.45) is 0 Å². The SMILES string of the molecule is CCC1NC(=O)CCN(c2cc(F)c(C)cc2F)C1=O. The zero-order valence-electron chi connectivity index (χ0n) is 11.4. The average molecular weight is 282 g/mol. The van der Waals surface area contributed by atoms with E-state index in [9.17, 15) is 18.4 Å². The van der Waals surface area contributed by atoms with Gasteiger partial charge in [-0.2, -0.15) is 0 Å². The van der Waals surface area contributed by atoms with E-state index in [4.69, 9.17) is 0 Å². The van der Waals surface area contributed by atoms with Crippen molar-refractivity contribution in [3.05, 3.63) is 29.3 Å². The third-order valence-electron chi connectivity index (χ3n) is 3.39. The fraction of sp³-hybridized carbons (Fsp3) is 0.429. The van der Waals surface area contributed by atoms with Gasteiger partial charge >= 0.3 is 0 Å². The molecule has 1 aromatic carbocycles. The highest BCUT2D eigenvalue weighted by molar-refractivity contribution is 6.01. The number of hydrogen-bond acceptors (Lipinski definition) is 2. The Labute approximate surface area is 115 Å². The van der Waals surface area contributed by atoms with Gasteiger partial charge in [-0.15, -0.1) is 0 Å². The molecule has 1 heterocycles. The number of benzene rings is 1. The van der Waals surface area contributed by atoms with E-state index in [2.05, 4.69) is 5.32 Å². The van der Waals surface area contributed by atoms with Crippen molar-refractivity contribution in [3.63, 3.8) is 0 Å². The Bertz CT molecular complexity index is 560. The predicted octanol–water partition coefficient (Wildman–Crippen LogP) is 1.90. The Balaban J connectivity index is 2.42. The van der Waals surface area contributed by atoms with Gasteiger partial charge in [-0.25, -0.2) is 8.78 Å². The van der Waals surface area contributed by atoms with Crippen LogP contribution >= 0.6 is 0 Å². The lowest BCUT2D eigenvalue weighted by Gasteiger charge is -2.24. The fourth-order valence-corrected chi connectivity index (χ4v) is 2.20. The average Bonchev–Trinajstić information content (AvgIpc) is 2.54. The van der Waals surface area contributed by atoms with Gasteiger partial charge < -0.3 is 10.2 Å². The van der Waals surface area contributed by atoms with Crippen molar-refractivity contribution in [2.45, 2.75) is 32.7 Å². The van der Waals surface area contributed by atoms with E-state index in [1.165, 1.54) is 6.92 Å². The summed E-state index contributed by atoms with van der Waals surface area (Å²) in [5, 5.41) is 2.58. The number of nitrogens with zero attached hydrogens (tertiary/aromatic N) is 1. The van der Waals surface area contributed by atoms with E-state index >= 15 is 0 Å². The van der Waals surface area contributed by atoms with Crippen LogP contribution in [0.15, 0.2) is 12.1 Å². The first kappa shape index (κ1) is 14.4. The van der Waals surface area contributed by atoms with E-state index < -0.39 is 23.6 Å². The summed E-state index contributed by atoms with van der Waals surface area (Å²) >= 11 is 0. The van der Waals surface area contributed by atoms with Gasteiger partial charge in [-0.05, 0) is 25.0 Å². The molecule has 6 heteroatoms. The van der Waals surface area contributed by atoms with Crippen LogP contribution in [0.2, 0.25) is 0 Å². The van der Waals surface area contributed by atoms with Crippen LogP contribution in [0, 0.1) is 18.6 Å². The molecule has 1 aliphatic heterocycles. The third-order valence-corrected chi connectivity index (χ3v) is 3.39. The van der Waals surface area contributed by atoms with Crippen molar-refractivity contribution in [3.8, 4) is 0 Å². The second kappa shape index (κ2) is 5.56. The molecule has 20 heavy (non-hydrogen) atoms. The van der Waals surface area contributed by atoms with Gasteiger partial charge in [0.05, 0.1) is 5.69 Å².